The summed E-state index contributed by atoms with van der Waals surface area (Å²) in [6, 6.07) is 24.3. The molecule has 2 radical (unpaired) electrons. The lowest BCUT2D eigenvalue weighted by atomic mass is 9.98. The number of halogens is 1. The number of H-pyrrole nitrogens is 1. The lowest BCUT2D eigenvalue weighted by molar-refractivity contribution is 0.433. The first kappa shape index (κ1) is 23.8. The molecule has 0 bridgehead atoms. The summed E-state index contributed by atoms with van der Waals surface area (Å²) >= 11 is 0. The highest BCUT2D eigenvalue weighted by molar-refractivity contribution is 6.04. The molecule has 0 saturated carbocycles. The van der Waals surface area contributed by atoms with E-state index in [9.17, 15) is 4.39 Å². The van der Waals surface area contributed by atoms with Gasteiger partial charge >= 0.3 is 0 Å². The van der Waals surface area contributed by atoms with E-state index in [4.69, 9.17) is 17.9 Å². The van der Waals surface area contributed by atoms with Crippen molar-refractivity contribution in [2.75, 3.05) is 0 Å². The Morgan fingerprint density at radius 2 is 1.71 bits per heavy atom. The average molecular weight is 499 g/mol. The van der Waals surface area contributed by atoms with Gasteiger partial charge in [-0.15, -0.1) is 0 Å². The van der Waals surface area contributed by atoms with Crippen LogP contribution in [0.15, 0.2) is 91.4 Å². The van der Waals surface area contributed by atoms with Gasteiger partial charge < -0.3 is 9.79 Å². The van der Waals surface area contributed by atoms with Crippen molar-refractivity contribution in [1.29, 1.82) is 0 Å². The summed E-state index contributed by atoms with van der Waals surface area (Å²) in [6.45, 7) is 2.82. The molecule has 0 amide bonds. The summed E-state index contributed by atoms with van der Waals surface area (Å²) < 4.78 is 15.2. The fraction of sp³-hybridized carbons (Fsp3) is 0.103. The maximum Gasteiger partial charge on any atom is 0.183 e. The van der Waals surface area contributed by atoms with Crippen molar-refractivity contribution in [3.8, 4) is 33.8 Å². The van der Waals surface area contributed by atoms with Crippen molar-refractivity contribution in [1.82, 2.24) is 34.4 Å². The number of nitrogens with zero attached hydrogens (tertiary/aromatic N) is 6. The standard InChI is InChI=1S/C29H23BFN7/c1-19-5-4-8-25(34-19)29-28(22-11-14-27-32-18-33-38(27)16-22)35-26(36-29)17-37(30)15-21-6-2-3-7-24(21)20-9-12-23(31)13-10-20/h2-14,16,18H,15,17H2,1H3,(H,35,36). The van der Waals surface area contributed by atoms with E-state index >= 15 is 0 Å². The van der Waals surface area contributed by atoms with Gasteiger partial charge in [-0.1, -0.05) is 42.5 Å². The molecule has 7 nitrogen and oxygen atoms in total. The molecule has 0 unspecified atom stereocenters. The predicted molar refractivity (Wildman–Crippen MR) is 145 cm³/mol. The minimum Gasteiger partial charge on any atom is -0.344 e. The van der Waals surface area contributed by atoms with E-state index < -0.39 is 0 Å². The van der Waals surface area contributed by atoms with E-state index in [1.165, 1.54) is 18.5 Å². The molecular weight excluding hydrogens is 476 g/mol. The molecular formula is C29H23BFN7. The van der Waals surface area contributed by atoms with Gasteiger partial charge in [-0.05, 0) is 60.0 Å². The van der Waals surface area contributed by atoms with Crippen molar-refractivity contribution in [3.05, 3.63) is 114 Å². The number of pyridine rings is 2. The predicted octanol–water partition coefficient (Wildman–Crippen LogP) is 5.38. The molecule has 0 saturated heterocycles. The van der Waals surface area contributed by atoms with Gasteiger partial charge in [0.25, 0.3) is 0 Å². The van der Waals surface area contributed by atoms with E-state index in [0.29, 0.717) is 18.9 Å². The summed E-state index contributed by atoms with van der Waals surface area (Å²) in [5.74, 6) is 0.445. The Morgan fingerprint density at radius 3 is 2.55 bits per heavy atom. The van der Waals surface area contributed by atoms with Gasteiger partial charge in [-0.3, -0.25) is 4.98 Å². The number of aryl methyl sites for hydroxylation is 1. The molecule has 4 heterocycles. The van der Waals surface area contributed by atoms with Crippen LogP contribution in [-0.4, -0.2) is 42.3 Å². The second kappa shape index (κ2) is 10.0. The number of aromatic nitrogens is 6. The monoisotopic (exact) mass is 499 g/mol. The van der Waals surface area contributed by atoms with Crippen LogP contribution in [0.1, 0.15) is 17.1 Å². The highest BCUT2D eigenvalue weighted by Gasteiger charge is 2.18. The normalized spacial score (nSPS) is 11.4. The molecule has 0 aliphatic heterocycles. The van der Waals surface area contributed by atoms with Crippen LogP contribution in [0, 0.1) is 12.7 Å². The third-order valence-electron chi connectivity index (χ3n) is 6.34. The van der Waals surface area contributed by atoms with Crippen LogP contribution < -0.4 is 0 Å². The van der Waals surface area contributed by atoms with E-state index in [2.05, 4.69) is 15.1 Å². The summed E-state index contributed by atoms with van der Waals surface area (Å²) in [6.07, 6.45) is 3.43. The molecule has 0 spiro atoms. The van der Waals surface area contributed by atoms with Gasteiger partial charge in [0.05, 0.1) is 17.1 Å². The maximum atomic E-state index is 13.5. The Hall–Kier alpha value is -4.63. The Kier molecular flexibility index (Phi) is 6.27. The van der Waals surface area contributed by atoms with Crippen molar-refractivity contribution < 1.29 is 4.39 Å². The van der Waals surface area contributed by atoms with Crippen LogP contribution in [0.3, 0.4) is 0 Å². The summed E-state index contributed by atoms with van der Waals surface area (Å²) in [7, 11) is 6.51. The molecule has 6 rings (SSSR count). The second-order valence-corrected chi connectivity index (χ2v) is 9.12. The lowest BCUT2D eigenvalue weighted by Crippen LogP contribution is -2.20. The highest BCUT2D eigenvalue weighted by Crippen LogP contribution is 2.30. The molecule has 38 heavy (non-hydrogen) atoms. The third kappa shape index (κ3) is 4.84. The van der Waals surface area contributed by atoms with Crippen molar-refractivity contribution in [2.45, 2.75) is 20.0 Å². The largest absolute Gasteiger partial charge is 0.344 e. The Balaban J connectivity index is 1.32. The number of fused-ring (bicyclic) bond motifs is 1. The van der Waals surface area contributed by atoms with Crippen LogP contribution >= 0.6 is 0 Å². The van der Waals surface area contributed by atoms with Crippen molar-refractivity contribution >= 4 is 13.6 Å². The van der Waals surface area contributed by atoms with Crippen LogP contribution in [0.4, 0.5) is 4.39 Å². The zero-order chi connectivity index (χ0) is 26.1. The van der Waals surface area contributed by atoms with Crippen molar-refractivity contribution in [2.24, 2.45) is 0 Å². The fourth-order valence-corrected chi connectivity index (χ4v) is 4.57. The number of rotatable bonds is 7. The first-order valence-corrected chi connectivity index (χ1v) is 12.2. The van der Waals surface area contributed by atoms with Gasteiger partial charge in [-0.25, -0.2) is 18.9 Å². The molecule has 0 aliphatic rings. The van der Waals surface area contributed by atoms with E-state index in [1.54, 1.807) is 21.5 Å². The minimum absolute atomic E-state index is 0.262. The smallest absolute Gasteiger partial charge is 0.183 e. The van der Waals surface area contributed by atoms with Gasteiger partial charge in [0.1, 0.15) is 18.0 Å². The first-order chi connectivity index (χ1) is 18.5. The molecule has 9 heteroatoms. The van der Waals surface area contributed by atoms with E-state index in [1.807, 2.05) is 67.7 Å². The SMILES string of the molecule is [B]N(Cc1nc(-c2ccc3ncnn3c2)c(-c2cccc(C)n2)[nH]1)Cc1ccccc1-c1ccc(F)cc1. The lowest BCUT2D eigenvalue weighted by Gasteiger charge is -2.18. The molecule has 1 N–H and O–H groups in total. The maximum absolute atomic E-state index is 13.5. The quantitative estimate of drug-likeness (QED) is 0.299. The van der Waals surface area contributed by atoms with Gasteiger partial charge in [-0.2, -0.15) is 5.10 Å². The highest BCUT2D eigenvalue weighted by atomic mass is 19.1. The first-order valence-electron chi connectivity index (χ1n) is 12.2. The molecule has 0 fully saturated rings. The van der Waals surface area contributed by atoms with E-state index in [-0.39, 0.29) is 5.82 Å². The van der Waals surface area contributed by atoms with Crippen LogP contribution in [0.25, 0.3) is 39.4 Å². The van der Waals surface area contributed by atoms with Crippen LogP contribution in [0.5, 0.6) is 0 Å². The number of aromatic amines is 1. The minimum atomic E-state index is -0.262. The topological polar surface area (TPSA) is 75.0 Å². The molecule has 0 atom stereocenters. The zero-order valence-corrected chi connectivity index (χ0v) is 20.7. The van der Waals surface area contributed by atoms with E-state index in [0.717, 1.165) is 50.7 Å². The Morgan fingerprint density at radius 1 is 0.895 bits per heavy atom. The van der Waals surface area contributed by atoms with Crippen molar-refractivity contribution in [3.63, 3.8) is 0 Å². The number of nitrogens with one attached hydrogen (secondary N) is 1. The average Bonchev–Trinajstić information content (AvgIpc) is 3.56. The molecule has 2 aromatic carbocycles. The number of imidazole rings is 1. The summed E-state index contributed by atoms with van der Waals surface area (Å²) in [4.78, 5) is 19.0. The molecule has 184 valence electrons. The van der Waals surface area contributed by atoms with Gasteiger partial charge in [0, 0.05) is 30.5 Å². The summed E-state index contributed by atoms with van der Waals surface area (Å²) in [5.41, 5.74) is 7.89. The summed E-state index contributed by atoms with van der Waals surface area (Å²) in [5, 5.41) is 4.26. The Bertz CT molecular complexity index is 1730. The fourth-order valence-electron chi connectivity index (χ4n) is 4.57. The van der Waals surface area contributed by atoms with Gasteiger partial charge in [0.2, 0.25) is 0 Å². The Labute approximate surface area is 220 Å². The van der Waals surface area contributed by atoms with Gasteiger partial charge in [0.15, 0.2) is 13.6 Å². The molecule has 6 aromatic rings. The van der Waals surface area contributed by atoms with Crippen LogP contribution in [0.2, 0.25) is 0 Å². The number of hydrogen-bond donors (Lipinski definition) is 1. The zero-order valence-electron chi connectivity index (χ0n) is 20.7. The third-order valence-corrected chi connectivity index (χ3v) is 6.34. The molecule has 4 aromatic heterocycles. The number of benzene rings is 2. The molecule has 0 aliphatic carbocycles. The van der Waals surface area contributed by atoms with Crippen LogP contribution in [-0.2, 0) is 13.1 Å². The number of hydrogen-bond acceptors (Lipinski definition) is 5. The second-order valence-electron chi connectivity index (χ2n) is 9.12.